The van der Waals surface area contributed by atoms with E-state index in [1.807, 2.05) is 13.1 Å². The van der Waals surface area contributed by atoms with Gasteiger partial charge in [-0.25, -0.2) is 0 Å². The summed E-state index contributed by atoms with van der Waals surface area (Å²) in [6, 6.07) is 0.271. The smallest absolute Gasteiger partial charge is 0.245 e. The van der Waals surface area contributed by atoms with Gasteiger partial charge in [0.05, 0.1) is 0 Å². The fourth-order valence-electron chi connectivity index (χ4n) is 2.18. The average molecular weight is 278 g/mol. The minimum absolute atomic E-state index is 0.0333. The molecule has 0 saturated carbocycles. The molecular formula is C17H30N2O. The molecule has 0 aliphatic heterocycles. The molecule has 3 heteroatoms. The summed E-state index contributed by atoms with van der Waals surface area (Å²) in [6.07, 6.45) is 6.31. The van der Waals surface area contributed by atoms with Crippen molar-refractivity contribution in [2.45, 2.75) is 40.2 Å². The standard InChI is InChI=1S/C17H30N2O/c1-8-10-11-15(5)19(12-14(3)4)16(6)13-18(7)17(20)9-2/h8-9,11,14,16H,1-2,10,12-13H2,3-7H3/b15-11+. The summed E-state index contributed by atoms with van der Waals surface area (Å²) in [6.45, 7) is 17.6. The fourth-order valence-corrected chi connectivity index (χ4v) is 2.18. The predicted molar refractivity (Wildman–Crippen MR) is 87.4 cm³/mol. The van der Waals surface area contributed by atoms with Crippen LogP contribution in [0.5, 0.6) is 0 Å². The number of carbonyl (C=O) groups is 1. The molecule has 0 bridgehead atoms. The van der Waals surface area contributed by atoms with Crippen LogP contribution >= 0.6 is 0 Å². The lowest BCUT2D eigenvalue weighted by Gasteiger charge is -2.35. The normalized spacial score (nSPS) is 13.0. The first kappa shape index (κ1) is 18.5. The van der Waals surface area contributed by atoms with Gasteiger partial charge in [0.15, 0.2) is 0 Å². The Kier molecular flexibility index (Phi) is 8.69. The summed E-state index contributed by atoms with van der Waals surface area (Å²) in [4.78, 5) is 15.7. The van der Waals surface area contributed by atoms with Crippen molar-refractivity contribution >= 4 is 5.91 Å². The molecule has 0 fully saturated rings. The molecule has 0 aliphatic carbocycles. The van der Waals surface area contributed by atoms with Gasteiger partial charge in [-0.05, 0) is 32.3 Å². The van der Waals surface area contributed by atoms with Crippen molar-refractivity contribution in [3.63, 3.8) is 0 Å². The van der Waals surface area contributed by atoms with Crippen LogP contribution in [0.2, 0.25) is 0 Å². The van der Waals surface area contributed by atoms with E-state index in [4.69, 9.17) is 0 Å². The lowest BCUT2D eigenvalue weighted by atomic mass is 10.1. The number of hydrogen-bond donors (Lipinski definition) is 0. The molecule has 0 spiro atoms. The maximum absolute atomic E-state index is 11.6. The molecule has 0 aromatic heterocycles. The minimum atomic E-state index is -0.0333. The molecule has 3 nitrogen and oxygen atoms in total. The van der Waals surface area contributed by atoms with Crippen LogP contribution in [0.15, 0.2) is 37.1 Å². The summed E-state index contributed by atoms with van der Waals surface area (Å²) >= 11 is 0. The van der Waals surface area contributed by atoms with Crippen LogP contribution in [0.3, 0.4) is 0 Å². The first-order chi connectivity index (χ1) is 9.33. The Labute approximate surface area is 124 Å². The number of rotatable bonds is 9. The van der Waals surface area contributed by atoms with E-state index in [9.17, 15) is 4.79 Å². The number of allylic oxidation sites excluding steroid dienone is 3. The molecule has 0 N–H and O–H groups in total. The second-order valence-corrected chi connectivity index (χ2v) is 5.69. The number of amides is 1. The van der Waals surface area contributed by atoms with Crippen LogP contribution in [0.4, 0.5) is 0 Å². The van der Waals surface area contributed by atoms with E-state index in [1.165, 1.54) is 11.8 Å². The van der Waals surface area contributed by atoms with Gasteiger partial charge < -0.3 is 9.80 Å². The molecule has 0 rings (SSSR count). The first-order valence-electron chi connectivity index (χ1n) is 7.25. The van der Waals surface area contributed by atoms with E-state index in [0.717, 1.165) is 13.0 Å². The van der Waals surface area contributed by atoms with Gasteiger partial charge >= 0.3 is 0 Å². The Morgan fingerprint density at radius 2 is 1.80 bits per heavy atom. The summed E-state index contributed by atoms with van der Waals surface area (Å²) in [5.74, 6) is 0.541. The van der Waals surface area contributed by atoms with Gasteiger partial charge in [0.25, 0.3) is 0 Å². The highest BCUT2D eigenvalue weighted by Crippen LogP contribution is 2.14. The number of hydrogen-bond acceptors (Lipinski definition) is 2. The van der Waals surface area contributed by atoms with Crippen LogP contribution < -0.4 is 0 Å². The number of nitrogens with zero attached hydrogens (tertiary/aromatic N) is 2. The Bertz CT molecular complexity index is 358. The monoisotopic (exact) mass is 278 g/mol. The number of likely N-dealkylation sites (N-methyl/N-ethyl adjacent to an activating group) is 1. The molecule has 114 valence electrons. The van der Waals surface area contributed by atoms with Crippen molar-refractivity contribution in [2.24, 2.45) is 5.92 Å². The van der Waals surface area contributed by atoms with Gasteiger partial charge in [-0.1, -0.05) is 32.6 Å². The highest BCUT2D eigenvalue weighted by Gasteiger charge is 2.18. The van der Waals surface area contributed by atoms with Gasteiger partial charge in [-0.15, -0.1) is 6.58 Å². The van der Waals surface area contributed by atoms with Gasteiger partial charge in [0.2, 0.25) is 5.91 Å². The van der Waals surface area contributed by atoms with Gasteiger partial charge in [0.1, 0.15) is 0 Å². The molecule has 0 radical (unpaired) electrons. The van der Waals surface area contributed by atoms with Crippen LogP contribution in [0.1, 0.15) is 34.1 Å². The second kappa shape index (κ2) is 9.40. The van der Waals surface area contributed by atoms with E-state index < -0.39 is 0 Å². The zero-order valence-electron chi connectivity index (χ0n) is 13.7. The van der Waals surface area contributed by atoms with Crippen molar-refractivity contribution in [1.29, 1.82) is 0 Å². The van der Waals surface area contributed by atoms with Gasteiger partial charge in [-0.2, -0.15) is 0 Å². The Morgan fingerprint density at radius 3 is 2.25 bits per heavy atom. The zero-order valence-corrected chi connectivity index (χ0v) is 13.7. The van der Waals surface area contributed by atoms with E-state index in [2.05, 4.69) is 51.8 Å². The zero-order chi connectivity index (χ0) is 15.7. The highest BCUT2D eigenvalue weighted by molar-refractivity contribution is 5.86. The maximum Gasteiger partial charge on any atom is 0.245 e. The summed E-state index contributed by atoms with van der Waals surface area (Å²) in [7, 11) is 1.82. The summed E-state index contributed by atoms with van der Waals surface area (Å²) in [5, 5.41) is 0. The minimum Gasteiger partial charge on any atom is -0.371 e. The molecule has 1 amide bonds. The lowest BCUT2D eigenvalue weighted by Crippen LogP contribution is -2.43. The molecule has 0 heterocycles. The SMILES string of the molecule is C=CC/C=C(\C)N(CC(C)C)C(C)CN(C)C(=O)C=C. The molecule has 1 atom stereocenters. The summed E-state index contributed by atoms with van der Waals surface area (Å²) < 4.78 is 0. The van der Waals surface area contributed by atoms with E-state index >= 15 is 0 Å². The molecule has 0 saturated heterocycles. The Morgan fingerprint density at radius 1 is 1.20 bits per heavy atom. The maximum atomic E-state index is 11.6. The average Bonchev–Trinajstić information content (AvgIpc) is 2.40. The fraction of sp³-hybridized carbons (Fsp3) is 0.588. The van der Waals surface area contributed by atoms with Gasteiger partial charge in [0, 0.05) is 31.9 Å². The van der Waals surface area contributed by atoms with Crippen LogP contribution in [-0.4, -0.2) is 41.9 Å². The lowest BCUT2D eigenvalue weighted by molar-refractivity contribution is -0.125. The molecule has 0 aliphatic rings. The van der Waals surface area contributed by atoms with Crippen LogP contribution in [0, 0.1) is 5.92 Å². The third kappa shape index (κ3) is 6.60. The van der Waals surface area contributed by atoms with E-state index in [1.54, 1.807) is 4.90 Å². The third-order valence-corrected chi connectivity index (χ3v) is 3.22. The third-order valence-electron chi connectivity index (χ3n) is 3.22. The number of carbonyl (C=O) groups excluding carboxylic acids is 1. The van der Waals surface area contributed by atoms with Crippen LogP contribution in [0.25, 0.3) is 0 Å². The molecular weight excluding hydrogens is 248 g/mol. The Hall–Kier alpha value is -1.51. The molecule has 1 unspecified atom stereocenters. The van der Waals surface area contributed by atoms with Crippen molar-refractivity contribution in [2.75, 3.05) is 20.1 Å². The second-order valence-electron chi connectivity index (χ2n) is 5.69. The topological polar surface area (TPSA) is 23.6 Å². The van der Waals surface area contributed by atoms with Crippen molar-refractivity contribution in [3.8, 4) is 0 Å². The Balaban J connectivity index is 4.88. The predicted octanol–water partition coefficient (Wildman–Crippen LogP) is 3.46. The largest absolute Gasteiger partial charge is 0.371 e. The molecule has 0 aromatic carbocycles. The first-order valence-corrected chi connectivity index (χ1v) is 7.25. The molecule has 0 aromatic rings. The van der Waals surface area contributed by atoms with Crippen LogP contribution in [-0.2, 0) is 4.79 Å². The van der Waals surface area contributed by atoms with Crippen molar-refractivity contribution < 1.29 is 4.79 Å². The van der Waals surface area contributed by atoms with Crippen molar-refractivity contribution in [1.82, 2.24) is 9.80 Å². The quantitative estimate of drug-likeness (QED) is 0.476. The summed E-state index contributed by atoms with van der Waals surface area (Å²) in [5.41, 5.74) is 1.24. The van der Waals surface area contributed by atoms with Gasteiger partial charge in [-0.3, -0.25) is 4.79 Å². The molecule has 20 heavy (non-hydrogen) atoms. The van der Waals surface area contributed by atoms with Crippen molar-refractivity contribution in [3.05, 3.63) is 37.1 Å². The van der Waals surface area contributed by atoms with E-state index in [0.29, 0.717) is 12.5 Å². The highest BCUT2D eigenvalue weighted by atomic mass is 16.2. The van der Waals surface area contributed by atoms with E-state index in [-0.39, 0.29) is 11.9 Å².